The molecule has 3 amide bonds. The van der Waals surface area contributed by atoms with E-state index in [0.717, 1.165) is 11.1 Å². The van der Waals surface area contributed by atoms with Gasteiger partial charge in [-0.2, -0.15) is 0 Å². The van der Waals surface area contributed by atoms with Crippen LogP contribution < -0.4 is 11.1 Å². The number of primary amides is 1. The van der Waals surface area contributed by atoms with Crippen molar-refractivity contribution in [1.29, 1.82) is 0 Å². The third-order valence-electron chi connectivity index (χ3n) is 4.94. The Balaban J connectivity index is 1.59. The van der Waals surface area contributed by atoms with Crippen LogP contribution in [0.5, 0.6) is 0 Å². The van der Waals surface area contributed by atoms with E-state index in [1.165, 1.54) is 4.90 Å². The van der Waals surface area contributed by atoms with E-state index in [-0.39, 0.29) is 12.5 Å². The van der Waals surface area contributed by atoms with E-state index in [1.54, 1.807) is 0 Å². The van der Waals surface area contributed by atoms with E-state index in [0.29, 0.717) is 25.8 Å². The molecule has 0 bridgehead atoms. The number of nitrogens with zero attached hydrogens (tertiary/aromatic N) is 1. The second kappa shape index (κ2) is 9.73. The summed E-state index contributed by atoms with van der Waals surface area (Å²) in [4.78, 5) is 38.5. The molecule has 0 aliphatic carbocycles. The fourth-order valence-corrected chi connectivity index (χ4v) is 3.40. The number of ether oxygens (including phenoxy) is 1. The number of likely N-dealkylation sites (tertiary alicyclic amines) is 1. The molecule has 2 aromatic carbocycles. The van der Waals surface area contributed by atoms with Gasteiger partial charge in [-0.05, 0) is 24.0 Å². The first-order valence-electron chi connectivity index (χ1n) is 9.65. The SMILES string of the molecule is NC(=O)[C@@H](Cc1ccccc1)NC(=O)[C@H]1CCCN1C(=O)OCc1ccccc1. The van der Waals surface area contributed by atoms with Crippen LogP contribution in [-0.4, -0.2) is 41.4 Å². The van der Waals surface area contributed by atoms with Gasteiger partial charge in [-0.25, -0.2) is 4.79 Å². The van der Waals surface area contributed by atoms with Crippen molar-refractivity contribution in [3.05, 3.63) is 71.8 Å². The van der Waals surface area contributed by atoms with Crippen molar-refractivity contribution in [2.24, 2.45) is 5.73 Å². The molecule has 0 saturated carbocycles. The molecule has 2 aromatic rings. The van der Waals surface area contributed by atoms with Gasteiger partial charge in [0.2, 0.25) is 11.8 Å². The predicted octanol–water partition coefficient (Wildman–Crippen LogP) is 2.00. The minimum absolute atomic E-state index is 0.141. The normalized spacial score (nSPS) is 16.8. The Morgan fingerprint density at radius 3 is 2.28 bits per heavy atom. The van der Waals surface area contributed by atoms with Crippen LogP contribution in [0.2, 0.25) is 0 Å². The van der Waals surface area contributed by atoms with Crippen LogP contribution in [0.1, 0.15) is 24.0 Å². The number of nitrogens with one attached hydrogen (secondary N) is 1. The lowest BCUT2D eigenvalue weighted by atomic mass is 10.0. The highest BCUT2D eigenvalue weighted by atomic mass is 16.6. The maximum atomic E-state index is 12.8. The summed E-state index contributed by atoms with van der Waals surface area (Å²) in [6.07, 6.45) is 0.972. The lowest BCUT2D eigenvalue weighted by Crippen LogP contribution is -2.53. The average Bonchev–Trinajstić information content (AvgIpc) is 3.23. The van der Waals surface area contributed by atoms with Gasteiger partial charge in [0.15, 0.2) is 0 Å². The van der Waals surface area contributed by atoms with Crippen LogP contribution in [0.15, 0.2) is 60.7 Å². The zero-order chi connectivity index (χ0) is 20.6. The molecule has 1 heterocycles. The lowest BCUT2D eigenvalue weighted by Gasteiger charge is -2.25. The van der Waals surface area contributed by atoms with Crippen molar-refractivity contribution in [1.82, 2.24) is 10.2 Å². The largest absolute Gasteiger partial charge is 0.445 e. The zero-order valence-corrected chi connectivity index (χ0v) is 16.1. The van der Waals surface area contributed by atoms with Crippen molar-refractivity contribution >= 4 is 17.9 Å². The topological polar surface area (TPSA) is 102 Å². The van der Waals surface area contributed by atoms with E-state index >= 15 is 0 Å². The molecule has 0 aromatic heterocycles. The minimum Gasteiger partial charge on any atom is -0.445 e. The highest BCUT2D eigenvalue weighted by Gasteiger charge is 2.36. The first-order chi connectivity index (χ1) is 14.0. The van der Waals surface area contributed by atoms with E-state index < -0.39 is 24.1 Å². The Kier molecular flexibility index (Phi) is 6.84. The summed E-state index contributed by atoms with van der Waals surface area (Å²) in [7, 11) is 0. The first-order valence-corrected chi connectivity index (χ1v) is 9.65. The number of hydrogen-bond acceptors (Lipinski definition) is 4. The van der Waals surface area contributed by atoms with Crippen molar-refractivity contribution in [2.75, 3.05) is 6.54 Å². The summed E-state index contributed by atoms with van der Waals surface area (Å²) in [6.45, 7) is 0.577. The van der Waals surface area contributed by atoms with Gasteiger partial charge in [-0.15, -0.1) is 0 Å². The average molecular weight is 395 g/mol. The van der Waals surface area contributed by atoms with Gasteiger partial charge in [0.25, 0.3) is 0 Å². The van der Waals surface area contributed by atoms with Gasteiger partial charge in [-0.1, -0.05) is 60.7 Å². The highest BCUT2D eigenvalue weighted by Crippen LogP contribution is 2.19. The third-order valence-corrected chi connectivity index (χ3v) is 4.94. The molecule has 1 fully saturated rings. The minimum atomic E-state index is -0.840. The Morgan fingerprint density at radius 1 is 1.03 bits per heavy atom. The van der Waals surface area contributed by atoms with E-state index in [1.807, 2.05) is 60.7 Å². The molecule has 3 rings (SSSR count). The number of nitrogens with two attached hydrogens (primary N) is 1. The number of benzene rings is 2. The standard InChI is InChI=1S/C22H25N3O4/c23-20(26)18(14-16-8-3-1-4-9-16)24-21(27)19-12-7-13-25(19)22(28)29-15-17-10-5-2-6-11-17/h1-6,8-11,18-19H,7,12-15H2,(H2,23,26)(H,24,27)/t18-,19-/m1/s1. The van der Waals surface area contributed by atoms with Gasteiger partial charge in [0.1, 0.15) is 18.7 Å². The molecular formula is C22H25N3O4. The predicted molar refractivity (Wildman–Crippen MR) is 108 cm³/mol. The molecule has 29 heavy (non-hydrogen) atoms. The van der Waals surface area contributed by atoms with Gasteiger partial charge in [0.05, 0.1) is 0 Å². The number of hydrogen-bond donors (Lipinski definition) is 2. The van der Waals surface area contributed by atoms with Gasteiger partial charge in [0, 0.05) is 13.0 Å². The summed E-state index contributed by atoms with van der Waals surface area (Å²) in [5.41, 5.74) is 7.24. The van der Waals surface area contributed by atoms with Crippen LogP contribution >= 0.6 is 0 Å². The molecule has 1 saturated heterocycles. The molecule has 0 radical (unpaired) electrons. The molecule has 152 valence electrons. The summed E-state index contributed by atoms with van der Waals surface area (Å²) in [5, 5.41) is 2.70. The van der Waals surface area contributed by atoms with Crippen LogP contribution in [-0.2, 0) is 27.4 Å². The van der Waals surface area contributed by atoms with Crippen LogP contribution in [0, 0.1) is 0 Å². The fraction of sp³-hybridized carbons (Fsp3) is 0.318. The zero-order valence-electron chi connectivity index (χ0n) is 16.1. The molecule has 0 spiro atoms. The summed E-state index contributed by atoms with van der Waals surface area (Å²) in [6, 6.07) is 17.2. The van der Waals surface area contributed by atoms with Crippen molar-refractivity contribution in [3.8, 4) is 0 Å². The van der Waals surface area contributed by atoms with Crippen LogP contribution in [0.25, 0.3) is 0 Å². The summed E-state index contributed by atoms with van der Waals surface area (Å²) < 4.78 is 5.36. The van der Waals surface area contributed by atoms with E-state index in [9.17, 15) is 14.4 Å². The molecule has 1 aliphatic rings. The van der Waals surface area contributed by atoms with Crippen molar-refractivity contribution in [2.45, 2.75) is 38.0 Å². The number of rotatable bonds is 7. The van der Waals surface area contributed by atoms with Gasteiger partial charge < -0.3 is 15.8 Å². The Morgan fingerprint density at radius 2 is 1.66 bits per heavy atom. The monoisotopic (exact) mass is 395 g/mol. The molecule has 2 atom stereocenters. The highest BCUT2D eigenvalue weighted by molar-refractivity contribution is 5.91. The Hall–Kier alpha value is -3.35. The molecule has 7 heteroatoms. The van der Waals surface area contributed by atoms with Crippen molar-refractivity contribution in [3.63, 3.8) is 0 Å². The van der Waals surface area contributed by atoms with E-state index in [4.69, 9.17) is 10.5 Å². The Bertz CT molecular complexity index is 842. The Labute approximate surface area is 169 Å². The first kappa shape index (κ1) is 20.4. The van der Waals surface area contributed by atoms with E-state index in [2.05, 4.69) is 5.32 Å². The van der Waals surface area contributed by atoms with Crippen LogP contribution in [0.3, 0.4) is 0 Å². The maximum Gasteiger partial charge on any atom is 0.410 e. The van der Waals surface area contributed by atoms with Crippen LogP contribution in [0.4, 0.5) is 4.79 Å². The molecule has 3 N–H and O–H groups in total. The molecule has 0 unspecified atom stereocenters. The summed E-state index contributed by atoms with van der Waals surface area (Å²) in [5.74, 6) is -1.00. The smallest absolute Gasteiger partial charge is 0.410 e. The lowest BCUT2D eigenvalue weighted by molar-refractivity contribution is -0.130. The number of carbonyl (C=O) groups excluding carboxylic acids is 3. The third kappa shape index (κ3) is 5.57. The fourth-order valence-electron chi connectivity index (χ4n) is 3.40. The molecule has 7 nitrogen and oxygen atoms in total. The van der Waals surface area contributed by atoms with Gasteiger partial charge >= 0.3 is 6.09 Å². The quantitative estimate of drug-likeness (QED) is 0.749. The second-order valence-corrected chi connectivity index (χ2v) is 7.04. The second-order valence-electron chi connectivity index (χ2n) is 7.04. The molecular weight excluding hydrogens is 370 g/mol. The van der Waals surface area contributed by atoms with Crippen molar-refractivity contribution < 1.29 is 19.1 Å². The summed E-state index contributed by atoms with van der Waals surface area (Å²) >= 11 is 0. The maximum absolute atomic E-state index is 12.8. The van der Waals surface area contributed by atoms with Gasteiger partial charge in [-0.3, -0.25) is 14.5 Å². The number of carbonyl (C=O) groups is 3. The molecule has 1 aliphatic heterocycles. The number of amides is 3.